The van der Waals surface area contributed by atoms with E-state index in [4.69, 9.17) is 5.73 Å². The van der Waals surface area contributed by atoms with Crippen molar-refractivity contribution in [3.63, 3.8) is 0 Å². The van der Waals surface area contributed by atoms with Crippen molar-refractivity contribution in [3.05, 3.63) is 21.9 Å². The molecule has 0 aromatic carbocycles. The molecule has 0 saturated carbocycles. The highest BCUT2D eigenvalue weighted by atomic mass is 79.9. The van der Waals surface area contributed by atoms with E-state index in [2.05, 4.69) is 31.2 Å². The Labute approximate surface area is 112 Å². The van der Waals surface area contributed by atoms with Crippen LogP contribution in [0.4, 0.5) is 0 Å². The van der Waals surface area contributed by atoms with Crippen LogP contribution in [0.1, 0.15) is 34.9 Å². The molecular weight excluding hydrogens is 298 g/mol. The van der Waals surface area contributed by atoms with Crippen LogP contribution in [-0.4, -0.2) is 34.0 Å². The average molecular weight is 310 g/mol. The van der Waals surface area contributed by atoms with Crippen molar-refractivity contribution in [1.29, 1.82) is 0 Å². The molecule has 0 aliphatic carbocycles. The normalized spacial score (nSPS) is 32.7. The van der Waals surface area contributed by atoms with E-state index in [9.17, 15) is 4.79 Å². The molecule has 4 N–H and O–H groups in total. The highest BCUT2D eigenvalue weighted by molar-refractivity contribution is 9.10. The number of carbonyl (C=O) groups excluding carboxylic acids is 1. The fraction of sp³-hybridized carbons (Fsp3) is 0.455. The average Bonchev–Trinajstić information content (AvgIpc) is 2.97. The first-order chi connectivity index (χ1) is 8.63. The number of amides is 1. The van der Waals surface area contributed by atoms with Crippen molar-refractivity contribution < 1.29 is 4.79 Å². The first-order valence-electron chi connectivity index (χ1n) is 5.94. The molecule has 1 spiro atoms. The van der Waals surface area contributed by atoms with Gasteiger partial charge in [-0.15, -0.1) is 0 Å². The van der Waals surface area contributed by atoms with Crippen molar-refractivity contribution in [3.8, 4) is 0 Å². The van der Waals surface area contributed by atoms with Gasteiger partial charge in [0.05, 0.1) is 0 Å². The van der Waals surface area contributed by atoms with Gasteiger partial charge in [0, 0.05) is 22.8 Å². The lowest BCUT2D eigenvalue weighted by Crippen LogP contribution is -2.61. The number of nitrogens with one attached hydrogen (secondary N) is 2. The van der Waals surface area contributed by atoms with Gasteiger partial charge in [-0.05, 0) is 28.8 Å². The SMILES string of the molecule is NC1=NC2c3c(Br)c[nH]c3C(=O)N3CCCC23N1. The van der Waals surface area contributed by atoms with Gasteiger partial charge in [-0.2, -0.15) is 0 Å². The molecule has 1 saturated heterocycles. The summed E-state index contributed by atoms with van der Waals surface area (Å²) in [5.41, 5.74) is 6.95. The summed E-state index contributed by atoms with van der Waals surface area (Å²) in [5, 5.41) is 3.22. The van der Waals surface area contributed by atoms with Gasteiger partial charge in [-0.1, -0.05) is 0 Å². The van der Waals surface area contributed by atoms with Crippen molar-refractivity contribution in [2.45, 2.75) is 24.5 Å². The molecule has 0 radical (unpaired) electrons. The quantitative estimate of drug-likeness (QED) is 0.659. The summed E-state index contributed by atoms with van der Waals surface area (Å²) in [6, 6.07) is -0.117. The molecule has 3 aliphatic heterocycles. The molecule has 1 fully saturated rings. The Morgan fingerprint density at radius 3 is 3.28 bits per heavy atom. The van der Waals surface area contributed by atoms with Gasteiger partial charge in [0.2, 0.25) is 0 Å². The molecule has 1 amide bonds. The first-order valence-corrected chi connectivity index (χ1v) is 6.73. The monoisotopic (exact) mass is 309 g/mol. The maximum atomic E-state index is 12.5. The van der Waals surface area contributed by atoms with E-state index in [0.717, 1.165) is 29.4 Å². The molecule has 4 heterocycles. The fourth-order valence-corrected chi connectivity index (χ4v) is 3.93. The lowest BCUT2D eigenvalue weighted by atomic mass is 9.88. The minimum atomic E-state index is -0.446. The summed E-state index contributed by atoms with van der Waals surface area (Å²) >= 11 is 3.49. The maximum absolute atomic E-state index is 12.5. The fourth-order valence-electron chi connectivity index (χ4n) is 3.40. The van der Waals surface area contributed by atoms with Crippen LogP contribution in [0, 0.1) is 0 Å². The van der Waals surface area contributed by atoms with Crippen molar-refractivity contribution in [2.24, 2.45) is 10.7 Å². The number of rotatable bonds is 0. The molecule has 6 nitrogen and oxygen atoms in total. The van der Waals surface area contributed by atoms with Gasteiger partial charge < -0.3 is 20.9 Å². The molecule has 7 heteroatoms. The number of aromatic amines is 1. The van der Waals surface area contributed by atoms with Gasteiger partial charge in [0.15, 0.2) is 5.96 Å². The number of nitrogens with zero attached hydrogens (tertiary/aromatic N) is 2. The van der Waals surface area contributed by atoms with Gasteiger partial charge in [-0.3, -0.25) is 4.79 Å². The predicted octanol–water partition coefficient (Wildman–Crippen LogP) is 0.682. The second kappa shape index (κ2) is 3.09. The van der Waals surface area contributed by atoms with Crippen LogP contribution in [0.2, 0.25) is 0 Å². The Bertz CT molecular complexity index is 594. The largest absolute Gasteiger partial charge is 0.370 e. The lowest BCUT2D eigenvalue weighted by Gasteiger charge is -2.42. The molecule has 0 bridgehead atoms. The van der Waals surface area contributed by atoms with Crippen molar-refractivity contribution in [1.82, 2.24) is 15.2 Å². The van der Waals surface area contributed by atoms with Crippen molar-refractivity contribution >= 4 is 27.8 Å². The van der Waals surface area contributed by atoms with Gasteiger partial charge in [0.25, 0.3) is 5.91 Å². The van der Waals surface area contributed by atoms with Crippen LogP contribution in [0.15, 0.2) is 15.7 Å². The van der Waals surface area contributed by atoms with Crippen molar-refractivity contribution in [2.75, 3.05) is 6.54 Å². The number of nitrogens with two attached hydrogens (primary N) is 1. The van der Waals surface area contributed by atoms with E-state index >= 15 is 0 Å². The zero-order valence-corrected chi connectivity index (χ0v) is 11.1. The zero-order chi connectivity index (χ0) is 12.5. The molecular formula is C11H12BrN5O. The Balaban J connectivity index is 1.99. The molecule has 18 heavy (non-hydrogen) atoms. The number of guanidine groups is 1. The predicted molar refractivity (Wildman–Crippen MR) is 69.0 cm³/mol. The van der Waals surface area contributed by atoms with E-state index < -0.39 is 5.66 Å². The molecule has 1 aromatic rings. The Morgan fingerprint density at radius 1 is 1.61 bits per heavy atom. The van der Waals surface area contributed by atoms with Crippen LogP contribution in [0.5, 0.6) is 0 Å². The van der Waals surface area contributed by atoms with Crippen LogP contribution in [-0.2, 0) is 0 Å². The molecule has 2 unspecified atom stereocenters. The van der Waals surface area contributed by atoms with Gasteiger partial charge in [-0.25, -0.2) is 4.99 Å². The van der Waals surface area contributed by atoms with E-state index in [0.29, 0.717) is 11.7 Å². The second-order valence-corrected chi connectivity index (χ2v) is 5.81. The van der Waals surface area contributed by atoms with Crippen LogP contribution < -0.4 is 11.1 Å². The van der Waals surface area contributed by atoms with E-state index in [1.807, 2.05) is 4.90 Å². The second-order valence-electron chi connectivity index (χ2n) is 4.95. The molecule has 3 aliphatic rings. The number of H-pyrrole nitrogens is 1. The number of aromatic nitrogens is 1. The first kappa shape index (κ1) is 10.4. The smallest absolute Gasteiger partial charge is 0.272 e. The Hall–Kier alpha value is -1.50. The molecule has 2 atom stereocenters. The van der Waals surface area contributed by atoms with Gasteiger partial charge >= 0.3 is 0 Å². The summed E-state index contributed by atoms with van der Waals surface area (Å²) < 4.78 is 0.891. The number of carbonyl (C=O) groups is 1. The third-order valence-electron chi connectivity index (χ3n) is 4.09. The highest BCUT2D eigenvalue weighted by Crippen LogP contribution is 2.49. The number of hydrogen-bond acceptors (Lipinski definition) is 4. The summed E-state index contributed by atoms with van der Waals surface area (Å²) in [7, 11) is 0. The summed E-state index contributed by atoms with van der Waals surface area (Å²) in [6.45, 7) is 0.751. The number of halogens is 1. The van der Waals surface area contributed by atoms with Crippen LogP contribution in [0.25, 0.3) is 0 Å². The topological polar surface area (TPSA) is 86.5 Å². The van der Waals surface area contributed by atoms with Gasteiger partial charge in [0.1, 0.15) is 17.4 Å². The third-order valence-corrected chi connectivity index (χ3v) is 4.74. The Morgan fingerprint density at radius 2 is 2.44 bits per heavy atom. The van der Waals surface area contributed by atoms with Crippen LogP contribution >= 0.6 is 15.9 Å². The lowest BCUT2D eigenvalue weighted by molar-refractivity contribution is 0.0464. The summed E-state index contributed by atoms with van der Waals surface area (Å²) in [6.07, 6.45) is 3.65. The Kier molecular flexibility index (Phi) is 1.79. The standard InChI is InChI=1S/C11H12BrN5O/c12-5-4-14-7-6(5)8-11(16-10(13)15-8)2-1-3-17(11)9(7)18/h4,8,14H,1-3H2,(H3,13,15,16). The number of hydrogen-bond donors (Lipinski definition) is 3. The molecule has 94 valence electrons. The van der Waals surface area contributed by atoms with E-state index in [1.165, 1.54) is 0 Å². The van der Waals surface area contributed by atoms with Crippen LogP contribution in [0.3, 0.4) is 0 Å². The highest BCUT2D eigenvalue weighted by Gasteiger charge is 2.58. The zero-order valence-electron chi connectivity index (χ0n) is 9.53. The summed E-state index contributed by atoms with van der Waals surface area (Å²) in [4.78, 5) is 21.9. The number of aliphatic imine (C=N–C) groups is 1. The molecule has 1 aromatic heterocycles. The minimum absolute atomic E-state index is 0.0295. The third kappa shape index (κ3) is 0.996. The maximum Gasteiger partial charge on any atom is 0.272 e. The molecule has 4 rings (SSSR count). The minimum Gasteiger partial charge on any atom is -0.370 e. The summed E-state index contributed by atoms with van der Waals surface area (Å²) in [5.74, 6) is 0.447. The van der Waals surface area contributed by atoms with E-state index in [1.54, 1.807) is 6.20 Å². The number of fused-ring (bicyclic) bond motifs is 2. The van der Waals surface area contributed by atoms with E-state index in [-0.39, 0.29) is 11.9 Å².